The lowest BCUT2D eigenvalue weighted by Crippen LogP contribution is -2.19. The first-order valence-corrected chi connectivity index (χ1v) is 5.65. The first-order valence-electron chi connectivity index (χ1n) is 5.65. The molecule has 18 heavy (non-hydrogen) atoms. The SMILES string of the molecule is Cc1cc(C#N)cc(NC2C=CC(C(=O)O)C2)n1. The summed E-state index contributed by atoms with van der Waals surface area (Å²) in [5, 5.41) is 20.9. The van der Waals surface area contributed by atoms with Crippen LogP contribution in [-0.4, -0.2) is 22.1 Å². The molecule has 0 radical (unpaired) electrons. The van der Waals surface area contributed by atoms with Crippen molar-refractivity contribution in [3.8, 4) is 6.07 Å². The van der Waals surface area contributed by atoms with Gasteiger partial charge in [0, 0.05) is 11.7 Å². The van der Waals surface area contributed by atoms with Gasteiger partial charge in [-0.1, -0.05) is 12.2 Å². The number of hydrogen-bond donors (Lipinski definition) is 2. The Hall–Kier alpha value is -2.35. The predicted molar refractivity (Wildman–Crippen MR) is 66.0 cm³/mol. The fourth-order valence-electron chi connectivity index (χ4n) is 1.99. The number of nitrogens with zero attached hydrogens (tertiary/aromatic N) is 2. The van der Waals surface area contributed by atoms with Crippen molar-refractivity contribution >= 4 is 11.8 Å². The minimum Gasteiger partial charge on any atom is -0.481 e. The fraction of sp³-hybridized carbons (Fsp3) is 0.308. The van der Waals surface area contributed by atoms with Gasteiger partial charge >= 0.3 is 5.97 Å². The molecule has 1 aromatic heterocycles. The van der Waals surface area contributed by atoms with E-state index >= 15 is 0 Å². The van der Waals surface area contributed by atoms with Crippen molar-refractivity contribution in [2.75, 3.05) is 5.32 Å². The van der Waals surface area contributed by atoms with Crippen molar-refractivity contribution in [1.82, 2.24) is 4.98 Å². The van der Waals surface area contributed by atoms with E-state index in [-0.39, 0.29) is 6.04 Å². The van der Waals surface area contributed by atoms with Crippen LogP contribution in [-0.2, 0) is 4.79 Å². The van der Waals surface area contributed by atoms with Crippen LogP contribution in [0, 0.1) is 24.2 Å². The number of pyridine rings is 1. The molecule has 1 aliphatic carbocycles. The summed E-state index contributed by atoms with van der Waals surface area (Å²) in [4.78, 5) is 15.1. The molecule has 0 fully saturated rings. The molecule has 1 aliphatic rings. The van der Waals surface area contributed by atoms with E-state index in [4.69, 9.17) is 10.4 Å². The Morgan fingerprint density at radius 3 is 2.94 bits per heavy atom. The summed E-state index contributed by atoms with van der Waals surface area (Å²) in [6, 6.07) is 5.38. The van der Waals surface area contributed by atoms with Crippen LogP contribution >= 0.6 is 0 Å². The number of carboxylic acid groups (broad SMARTS) is 1. The van der Waals surface area contributed by atoms with Crippen molar-refractivity contribution in [2.45, 2.75) is 19.4 Å². The third kappa shape index (κ3) is 2.66. The first-order chi connectivity index (χ1) is 8.58. The second kappa shape index (κ2) is 4.88. The van der Waals surface area contributed by atoms with E-state index in [1.165, 1.54) is 0 Å². The number of hydrogen-bond acceptors (Lipinski definition) is 4. The van der Waals surface area contributed by atoms with E-state index in [1.54, 1.807) is 18.2 Å². The molecular formula is C13H13N3O2. The average molecular weight is 243 g/mol. The summed E-state index contributed by atoms with van der Waals surface area (Å²) >= 11 is 0. The van der Waals surface area contributed by atoms with Crippen molar-refractivity contribution in [2.24, 2.45) is 5.92 Å². The van der Waals surface area contributed by atoms with Gasteiger partial charge < -0.3 is 10.4 Å². The van der Waals surface area contributed by atoms with E-state index < -0.39 is 11.9 Å². The molecule has 0 saturated heterocycles. The molecule has 5 nitrogen and oxygen atoms in total. The van der Waals surface area contributed by atoms with Gasteiger partial charge in [-0.15, -0.1) is 0 Å². The van der Waals surface area contributed by atoms with Crippen LogP contribution in [0.15, 0.2) is 24.3 Å². The van der Waals surface area contributed by atoms with Crippen LogP contribution < -0.4 is 5.32 Å². The number of nitrogens with one attached hydrogen (secondary N) is 1. The molecule has 0 saturated carbocycles. The standard InChI is InChI=1S/C13H13N3O2/c1-8-4-9(7-14)5-12(15-8)16-11-3-2-10(6-11)13(17)18/h2-5,10-11H,6H2,1H3,(H,15,16)(H,17,18). The van der Waals surface area contributed by atoms with E-state index in [9.17, 15) is 4.79 Å². The second-order valence-electron chi connectivity index (χ2n) is 4.31. The molecule has 0 amide bonds. The van der Waals surface area contributed by atoms with Crippen molar-refractivity contribution in [3.05, 3.63) is 35.5 Å². The molecule has 2 unspecified atom stereocenters. The van der Waals surface area contributed by atoms with E-state index in [0.29, 0.717) is 17.8 Å². The summed E-state index contributed by atoms with van der Waals surface area (Å²) in [6.45, 7) is 1.82. The Balaban J connectivity index is 2.08. The number of nitriles is 1. The fourth-order valence-corrected chi connectivity index (χ4v) is 1.99. The van der Waals surface area contributed by atoms with Gasteiger partial charge in [0.2, 0.25) is 0 Å². The molecule has 0 spiro atoms. The molecule has 0 aromatic carbocycles. The maximum absolute atomic E-state index is 10.8. The summed E-state index contributed by atoms with van der Waals surface area (Å²) < 4.78 is 0. The smallest absolute Gasteiger partial charge is 0.310 e. The van der Waals surface area contributed by atoms with Crippen molar-refractivity contribution in [3.63, 3.8) is 0 Å². The monoisotopic (exact) mass is 243 g/mol. The van der Waals surface area contributed by atoms with Crippen molar-refractivity contribution in [1.29, 1.82) is 5.26 Å². The lowest BCUT2D eigenvalue weighted by molar-refractivity contribution is -0.140. The second-order valence-corrected chi connectivity index (χ2v) is 4.31. The maximum Gasteiger partial charge on any atom is 0.310 e. The van der Waals surface area contributed by atoms with Gasteiger partial charge in [0.25, 0.3) is 0 Å². The lowest BCUT2D eigenvalue weighted by Gasteiger charge is -2.13. The number of rotatable bonds is 3. The number of aromatic nitrogens is 1. The number of aryl methyl sites for hydroxylation is 1. The molecule has 2 N–H and O–H groups in total. The lowest BCUT2D eigenvalue weighted by atomic mass is 10.1. The Bertz CT molecular complexity index is 546. The van der Waals surface area contributed by atoms with Crippen LogP contribution in [0.5, 0.6) is 0 Å². The zero-order valence-electron chi connectivity index (χ0n) is 9.92. The normalized spacial score (nSPS) is 21.6. The quantitative estimate of drug-likeness (QED) is 0.789. The minimum absolute atomic E-state index is 0.0491. The van der Waals surface area contributed by atoms with E-state index in [2.05, 4.69) is 16.4 Å². The molecule has 92 valence electrons. The zero-order chi connectivity index (χ0) is 13.1. The molecule has 5 heteroatoms. The highest BCUT2D eigenvalue weighted by atomic mass is 16.4. The average Bonchev–Trinajstić information content (AvgIpc) is 2.76. The molecule has 1 aromatic rings. The van der Waals surface area contributed by atoms with Gasteiger partial charge in [0.05, 0.1) is 17.6 Å². The van der Waals surface area contributed by atoms with Gasteiger partial charge in [-0.05, 0) is 25.5 Å². The Kier molecular flexibility index (Phi) is 3.28. The highest BCUT2D eigenvalue weighted by Crippen LogP contribution is 2.21. The molecule has 2 atom stereocenters. The molecular weight excluding hydrogens is 230 g/mol. The Morgan fingerprint density at radius 2 is 2.33 bits per heavy atom. The number of carbonyl (C=O) groups is 1. The van der Waals surface area contributed by atoms with E-state index in [1.807, 2.05) is 13.0 Å². The number of aliphatic carboxylic acids is 1. The number of carboxylic acids is 1. The van der Waals surface area contributed by atoms with E-state index in [0.717, 1.165) is 5.69 Å². The van der Waals surface area contributed by atoms with Crippen molar-refractivity contribution < 1.29 is 9.90 Å². The summed E-state index contributed by atoms with van der Waals surface area (Å²) in [5.74, 6) is -0.652. The zero-order valence-corrected chi connectivity index (χ0v) is 9.92. The predicted octanol–water partition coefficient (Wildman–Crippen LogP) is 1.70. The topological polar surface area (TPSA) is 86.0 Å². The van der Waals surface area contributed by atoms with Crippen LogP contribution in [0.3, 0.4) is 0 Å². The minimum atomic E-state index is -0.814. The van der Waals surface area contributed by atoms with Crippen LogP contribution in [0.4, 0.5) is 5.82 Å². The largest absolute Gasteiger partial charge is 0.481 e. The summed E-state index contributed by atoms with van der Waals surface area (Å²) in [7, 11) is 0. The third-order valence-corrected chi connectivity index (χ3v) is 2.82. The van der Waals surface area contributed by atoms with Crippen LogP contribution in [0.2, 0.25) is 0 Å². The Morgan fingerprint density at radius 1 is 1.56 bits per heavy atom. The number of anilines is 1. The molecule has 0 bridgehead atoms. The highest BCUT2D eigenvalue weighted by Gasteiger charge is 2.24. The highest BCUT2D eigenvalue weighted by molar-refractivity contribution is 5.73. The van der Waals surface area contributed by atoms with Gasteiger partial charge in [-0.3, -0.25) is 4.79 Å². The van der Waals surface area contributed by atoms with Gasteiger partial charge in [-0.2, -0.15) is 5.26 Å². The molecule has 1 heterocycles. The van der Waals surface area contributed by atoms with Gasteiger partial charge in [0.1, 0.15) is 5.82 Å². The summed E-state index contributed by atoms with van der Waals surface area (Å²) in [6.07, 6.45) is 4.02. The third-order valence-electron chi connectivity index (χ3n) is 2.82. The van der Waals surface area contributed by atoms with Crippen LogP contribution in [0.25, 0.3) is 0 Å². The first kappa shape index (κ1) is 12.1. The van der Waals surface area contributed by atoms with Gasteiger partial charge in [-0.25, -0.2) is 4.98 Å². The maximum atomic E-state index is 10.8. The van der Waals surface area contributed by atoms with Gasteiger partial charge in [0.15, 0.2) is 0 Å². The Labute approximate surface area is 105 Å². The molecule has 2 rings (SSSR count). The summed E-state index contributed by atoms with van der Waals surface area (Å²) in [5.41, 5.74) is 1.30. The molecule has 0 aliphatic heterocycles. The van der Waals surface area contributed by atoms with Crippen LogP contribution in [0.1, 0.15) is 17.7 Å².